The topological polar surface area (TPSA) is 71.0 Å². The Morgan fingerprint density at radius 1 is 1.17 bits per heavy atom. The van der Waals surface area contributed by atoms with Gasteiger partial charge in [-0.1, -0.05) is 42.5 Å². The molecule has 2 aliphatic heterocycles. The van der Waals surface area contributed by atoms with Crippen molar-refractivity contribution in [2.75, 3.05) is 32.8 Å². The molecule has 3 aliphatic rings. The van der Waals surface area contributed by atoms with Crippen LogP contribution in [0.3, 0.4) is 0 Å². The first-order chi connectivity index (χ1) is 14.2. The van der Waals surface area contributed by atoms with Gasteiger partial charge in [0, 0.05) is 32.0 Å². The van der Waals surface area contributed by atoms with Crippen LogP contribution in [0.4, 0.5) is 0 Å². The molecule has 6 nitrogen and oxygen atoms in total. The number of hydrogen-bond donors (Lipinski definition) is 2. The van der Waals surface area contributed by atoms with Crippen molar-refractivity contribution >= 4 is 5.91 Å². The van der Waals surface area contributed by atoms with Crippen molar-refractivity contribution in [3.8, 4) is 0 Å². The van der Waals surface area contributed by atoms with Gasteiger partial charge in [-0.05, 0) is 31.2 Å². The SMILES string of the molecule is O=C(N[C@]1(c2ccccc2)CCN(CCC2OCCCO2)C[C@H]1O)C1CC=CC1. The number of nitrogens with zero attached hydrogens (tertiary/aromatic N) is 1. The van der Waals surface area contributed by atoms with Gasteiger partial charge in [0.1, 0.15) is 0 Å². The molecule has 1 amide bonds. The van der Waals surface area contributed by atoms with Crippen molar-refractivity contribution < 1.29 is 19.4 Å². The summed E-state index contributed by atoms with van der Waals surface area (Å²) in [5, 5.41) is 14.5. The molecule has 0 aromatic heterocycles. The molecule has 29 heavy (non-hydrogen) atoms. The molecule has 2 heterocycles. The molecule has 2 N–H and O–H groups in total. The third kappa shape index (κ3) is 4.72. The summed E-state index contributed by atoms with van der Waals surface area (Å²) in [6, 6.07) is 9.92. The van der Waals surface area contributed by atoms with Crippen molar-refractivity contribution in [2.45, 2.75) is 50.0 Å². The van der Waals surface area contributed by atoms with Gasteiger partial charge in [0.2, 0.25) is 5.91 Å². The average molecular weight is 401 g/mol. The molecule has 0 saturated carbocycles. The van der Waals surface area contributed by atoms with Crippen LogP contribution in [0.1, 0.15) is 37.7 Å². The minimum atomic E-state index is -0.741. The Hall–Kier alpha value is -1.73. The first kappa shape index (κ1) is 20.5. The Bertz CT molecular complexity index is 696. The molecule has 2 saturated heterocycles. The Labute approximate surface area is 172 Å². The van der Waals surface area contributed by atoms with Gasteiger partial charge in [-0.15, -0.1) is 0 Å². The predicted octanol–water partition coefficient (Wildman–Crippen LogP) is 2.18. The van der Waals surface area contributed by atoms with E-state index >= 15 is 0 Å². The standard InChI is InChI=1S/C23H32N2O4/c26-20-17-25(13-11-21-28-15-6-16-29-21)14-12-23(20,19-9-2-1-3-10-19)24-22(27)18-7-4-5-8-18/h1-5,9-10,18,20-21,26H,6-8,11-17H2,(H,24,27)/t20-,23+/m1/s1. The van der Waals surface area contributed by atoms with Crippen LogP contribution in [-0.4, -0.2) is 61.2 Å². The highest BCUT2D eigenvalue weighted by atomic mass is 16.7. The van der Waals surface area contributed by atoms with E-state index in [2.05, 4.69) is 22.4 Å². The van der Waals surface area contributed by atoms with E-state index in [1.54, 1.807) is 0 Å². The largest absolute Gasteiger partial charge is 0.389 e. The van der Waals surface area contributed by atoms with Crippen LogP contribution in [0, 0.1) is 5.92 Å². The molecule has 6 heteroatoms. The number of β-amino-alcohol motifs (C(OH)–C–C–N with tert-alkyl or cyclic N) is 1. The van der Waals surface area contributed by atoms with E-state index in [0.717, 1.165) is 57.6 Å². The van der Waals surface area contributed by atoms with Gasteiger partial charge in [0.05, 0.1) is 24.9 Å². The smallest absolute Gasteiger partial charge is 0.224 e. The summed E-state index contributed by atoms with van der Waals surface area (Å²) in [6.45, 7) is 3.65. The average Bonchev–Trinajstić information content (AvgIpc) is 3.31. The highest BCUT2D eigenvalue weighted by molar-refractivity contribution is 5.80. The number of amides is 1. The minimum absolute atomic E-state index is 0.0265. The molecule has 0 unspecified atom stereocenters. The number of benzene rings is 1. The van der Waals surface area contributed by atoms with Gasteiger partial charge < -0.3 is 24.8 Å². The van der Waals surface area contributed by atoms with Crippen molar-refractivity contribution in [1.29, 1.82) is 0 Å². The summed E-state index contributed by atoms with van der Waals surface area (Å²) >= 11 is 0. The zero-order valence-corrected chi connectivity index (χ0v) is 17.0. The van der Waals surface area contributed by atoms with Gasteiger partial charge in [-0.25, -0.2) is 0 Å². The van der Waals surface area contributed by atoms with E-state index in [4.69, 9.17) is 9.47 Å². The Morgan fingerprint density at radius 2 is 1.90 bits per heavy atom. The van der Waals surface area contributed by atoms with Crippen molar-refractivity contribution in [3.05, 3.63) is 48.0 Å². The number of piperidine rings is 1. The van der Waals surface area contributed by atoms with Gasteiger partial charge >= 0.3 is 0 Å². The first-order valence-corrected chi connectivity index (χ1v) is 10.8. The van der Waals surface area contributed by atoms with Crippen LogP contribution in [0.25, 0.3) is 0 Å². The number of hydrogen-bond acceptors (Lipinski definition) is 5. The lowest BCUT2D eigenvalue weighted by Crippen LogP contribution is -2.62. The monoisotopic (exact) mass is 400 g/mol. The lowest BCUT2D eigenvalue weighted by atomic mass is 9.78. The molecule has 1 aliphatic carbocycles. The van der Waals surface area contributed by atoms with Gasteiger partial charge in [-0.2, -0.15) is 0 Å². The second-order valence-corrected chi connectivity index (χ2v) is 8.35. The van der Waals surface area contributed by atoms with Crippen LogP contribution >= 0.6 is 0 Å². The second kappa shape index (κ2) is 9.39. The minimum Gasteiger partial charge on any atom is -0.389 e. The van der Waals surface area contributed by atoms with E-state index in [1.807, 2.05) is 30.3 Å². The highest BCUT2D eigenvalue weighted by Crippen LogP contribution is 2.34. The van der Waals surface area contributed by atoms with E-state index in [1.165, 1.54) is 0 Å². The Balaban J connectivity index is 1.43. The zero-order valence-electron chi connectivity index (χ0n) is 17.0. The fourth-order valence-corrected chi connectivity index (χ4v) is 4.63. The van der Waals surface area contributed by atoms with Crippen LogP contribution in [0.5, 0.6) is 0 Å². The Kier molecular flexibility index (Phi) is 6.65. The molecule has 0 radical (unpaired) electrons. The van der Waals surface area contributed by atoms with Gasteiger partial charge in [0.15, 0.2) is 6.29 Å². The number of ether oxygens (including phenoxy) is 2. The number of carbonyl (C=O) groups excluding carboxylic acids is 1. The van der Waals surface area contributed by atoms with Crippen LogP contribution in [0.2, 0.25) is 0 Å². The molecule has 2 atom stereocenters. The molecule has 1 aromatic rings. The number of nitrogens with one attached hydrogen (secondary N) is 1. The quantitative estimate of drug-likeness (QED) is 0.717. The normalized spacial score (nSPS) is 29.2. The lowest BCUT2D eigenvalue weighted by molar-refractivity contribution is -0.183. The third-order valence-corrected chi connectivity index (χ3v) is 6.41. The number of aliphatic hydroxyl groups is 1. The van der Waals surface area contributed by atoms with Crippen LogP contribution in [0.15, 0.2) is 42.5 Å². The van der Waals surface area contributed by atoms with Gasteiger partial charge in [-0.3, -0.25) is 4.79 Å². The number of likely N-dealkylation sites (tertiary alicyclic amines) is 1. The van der Waals surface area contributed by atoms with E-state index in [9.17, 15) is 9.90 Å². The summed E-state index contributed by atoms with van der Waals surface area (Å²) in [7, 11) is 0. The zero-order chi connectivity index (χ0) is 20.1. The maximum absolute atomic E-state index is 12.9. The summed E-state index contributed by atoms with van der Waals surface area (Å²) in [6.07, 6.45) is 7.29. The lowest BCUT2D eigenvalue weighted by Gasteiger charge is -2.47. The highest BCUT2D eigenvalue weighted by Gasteiger charge is 2.45. The molecule has 4 rings (SSSR count). The summed E-state index contributed by atoms with van der Waals surface area (Å²) in [5.74, 6) is 0.0109. The fraction of sp³-hybridized carbons (Fsp3) is 0.609. The van der Waals surface area contributed by atoms with E-state index in [0.29, 0.717) is 13.0 Å². The fourth-order valence-electron chi connectivity index (χ4n) is 4.63. The van der Waals surface area contributed by atoms with E-state index in [-0.39, 0.29) is 18.1 Å². The molecule has 0 spiro atoms. The first-order valence-electron chi connectivity index (χ1n) is 10.8. The molecular formula is C23H32N2O4. The molecule has 158 valence electrons. The van der Waals surface area contributed by atoms with E-state index < -0.39 is 11.6 Å². The van der Waals surface area contributed by atoms with Gasteiger partial charge in [0.25, 0.3) is 0 Å². The predicted molar refractivity (Wildman–Crippen MR) is 110 cm³/mol. The molecular weight excluding hydrogens is 368 g/mol. The second-order valence-electron chi connectivity index (χ2n) is 8.35. The van der Waals surface area contributed by atoms with Crippen molar-refractivity contribution in [1.82, 2.24) is 10.2 Å². The number of aliphatic hydroxyl groups excluding tert-OH is 1. The Morgan fingerprint density at radius 3 is 2.59 bits per heavy atom. The molecule has 0 bridgehead atoms. The summed E-state index contributed by atoms with van der Waals surface area (Å²) in [4.78, 5) is 15.2. The number of rotatable bonds is 6. The maximum Gasteiger partial charge on any atom is 0.224 e. The van der Waals surface area contributed by atoms with Crippen molar-refractivity contribution in [2.24, 2.45) is 5.92 Å². The molecule has 2 fully saturated rings. The maximum atomic E-state index is 12.9. The third-order valence-electron chi connectivity index (χ3n) is 6.41. The number of carbonyl (C=O) groups is 1. The van der Waals surface area contributed by atoms with Crippen LogP contribution in [-0.2, 0) is 19.8 Å². The molecule has 1 aromatic carbocycles. The number of allylic oxidation sites excluding steroid dienone is 2. The summed E-state index contributed by atoms with van der Waals surface area (Å²) in [5.41, 5.74) is 0.236. The summed E-state index contributed by atoms with van der Waals surface area (Å²) < 4.78 is 11.3. The van der Waals surface area contributed by atoms with Crippen molar-refractivity contribution in [3.63, 3.8) is 0 Å². The van der Waals surface area contributed by atoms with Crippen LogP contribution < -0.4 is 5.32 Å².